The number of carbonyl (C=O) groups excluding carboxylic acids is 2. The molecule has 7 heteroatoms. The van der Waals surface area contributed by atoms with Gasteiger partial charge in [0.25, 0.3) is 5.91 Å². The third kappa shape index (κ3) is 2.12. The third-order valence-electron chi connectivity index (χ3n) is 4.58. The SMILES string of the molecule is O=C1NC2(CCNCC2)C(=O)N1Cc1cc(C2CC2)on1. The Morgan fingerprint density at radius 2 is 2.10 bits per heavy atom. The molecule has 3 amide bonds. The van der Waals surface area contributed by atoms with Gasteiger partial charge in [0.15, 0.2) is 0 Å². The second kappa shape index (κ2) is 4.56. The summed E-state index contributed by atoms with van der Waals surface area (Å²) in [5, 5.41) is 10.1. The molecule has 1 aliphatic carbocycles. The van der Waals surface area contributed by atoms with Crippen molar-refractivity contribution in [1.29, 1.82) is 0 Å². The van der Waals surface area contributed by atoms with Gasteiger partial charge in [0.05, 0.1) is 6.54 Å². The van der Waals surface area contributed by atoms with Crippen molar-refractivity contribution in [2.75, 3.05) is 13.1 Å². The molecule has 21 heavy (non-hydrogen) atoms. The van der Waals surface area contributed by atoms with Gasteiger partial charge in [0.2, 0.25) is 0 Å². The summed E-state index contributed by atoms with van der Waals surface area (Å²) >= 11 is 0. The van der Waals surface area contributed by atoms with Gasteiger partial charge in [-0.15, -0.1) is 0 Å². The summed E-state index contributed by atoms with van der Waals surface area (Å²) in [5.41, 5.74) is -0.0721. The van der Waals surface area contributed by atoms with Gasteiger partial charge in [-0.05, 0) is 38.8 Å². The molecular weight excluding hydrogens is 272 g/mol. The molecule has 0 unspecified atom stereocenters. The van der Waals surface area contributed by atoms with Crippen molar-refractivity contribution in [3.63, 3.8) is 0 Å². The summed E-state index contributed by atoms with van der Waals surface area (Å²) in [6, 6.07) is 1.55. The first kappa shape index (κ1) is 12.8. The highest BCUT2D eigenvalue weighted by Crippen LogP contribution is 2.40. The molecule has 0 atom stereocenters. The van der Waals surface area contributed by atoms with Gasteiger partial charge in [-0.1, -0.05) is 5.16 Å². The van der Waals surface area contributed by atoms with Crippen LogP contribution in [0.4, 0.5) is 4.79 Å². The van der Waals surface area contributed by atoms with Crippen LogP contribution >= 0.6 is 0 Å². The second-order valence-electron chi connectivity index (χ2n) is 6.15. The topological polar surface area (TPSA) is 87.5 Å². The predicted octanol–water partition coefficient (Wildman–Crippen LogP) is 0.726. The molecular formula is C14H18N4O3. The molecule has 4 rings (SSSR count). The molecule has 0 aromatic carbocycles. The fourth-order valence-corrected chi connectivity index (χ4v) is 3.14. The van der Waals surface area contributed by atoms with E-state index < -0.39 is 5.54 Å². The van der Waals surface area contributed by atoms with E-state index in [9.17, 15) is 9.59 Å². The fraction of sp³-hybridized carbons (Fsp3) is 0.643. The van der Waals surface area contributed by atoms with Crippen LogP contribution in [0.25, 0.3) is 0 Å². The number of nitrogens with one attached hydrogen (secondary N) is 2. The molecule has 1 saturated carbocycles. The van der Waals surface area contributed by atoms with Crippen LogP contribution < -0.4 is 10.6 Å². The van der Waals surface area contributed by atoms with Gasteiger partial charge in [-0.2, -0.15) is 0 Å². The van der Waals surface area contributed by atoms with Crippen LogP contribution in [0.15, 0.2) is 10.6 Å². The summed E-state index contributed by atoms with van der Waals surface area (Å²) in [7, 11) is 0. The van der Waals surface area contributed by atoms with E-state index in [-0.39, 0.29) is 18.5 Å². The highest BCUT2D eigenvalue weighted by atomic mass is 16.5. The standard InChI is InChI=1S/C14H18N4O3/c19-12-14(3-5-15-6-4-14)16-13(20)18(12)8-10-7-11(21-17-10)9-1-2-9/h7,9,15H,1-6,8H2,(H,16,20). The number of hydrogen-bond donors (Lipinski definition) is 2. The maximum Gasteiger partial charge on any atom is 0.325 e. The van der Waals surface area contributed by atoms with Crippen LogP contribution in [-0.2, 0) is 11.3 Å². The van der Waals surface area contributed by atoms with Crippen molar-refractivity contribution in [1.82, 2.24) is 20.7 Å². The Bertz CT molecular complexity index is 587. The van der Waals surface area contributed by atoms with E-state index in [0.29, 0.717) is 24.5 Å². The lowest BCUT2D eigenvalue weighted by molar-refractivity contribution is -0.132. The molecule has 2 N–H and O–H groups in total. The fourth-order valence-electron chi connectivity index (χ4n) is 3.14. The second-order valence-corrected chi connectivity index (χ2v) is 6.15. The summed E-state index contributed by atoms with van der Waals surface area (Å²) in [6.45, 7) is 1.68. The van der Waals surface area contributed by atoms with Crippen LogP contribution in [0, 0.1) is 0 Å². The van der Waals surface area contributed by atoms with Crippen LogP contribution in [0.3, 0.4) is 0 Å². The van der Waals surface area contributed by atoms with E-state index in [2.05, 4.69) is 15.8 Å². The summed E-state index contributed by atoms with van der Waals surface area (Å²) < 4.78 is 5.28. The van der Waals surface area contributed by atoms with E-state index in [0.717, 1.165) is 31.7 Å². The number of aromatic nitrogens is 1. The molecule has 0 bridgehead atoms. The number of imide groups is 1. The van der Waals surface area contributed by atoms with Gasteiger partial charge >= 0.3 is 6.03 Å². The quantitative estimate of drug-likeness (QED) is 0.801. The van der Waals surface area contributed by atoms with Crippen LogP contribution in [-0.4, -0.2) is 40.6 Å². The number of nitrogens with zero attached hydrogens (tertiary/aromatic N) is 2. The molecule has 1 aromatic rings. The van der Waals surface area contributed by atoms with E-state index in [1.165, 1.54) is 4.90 Å². The van der Waals surface area contributed by atoms with Crippen LogP contribution in [0.1, 0.15) is 43.1 Å². The van der Waals surface area contributed by atoms with E-state index >= 15 is 0 Å². The minimum absolute atomic E-state index is 0.134. The lowest BCUT2D eigenvalue weighted by Gasteiger charge is -2.30. The number of hydrogen-bond acceptors (Lipinski definition) is 5. The Kier molecular flexibility index (Phi) is 2.78. The summed E-state index contributed by atoms with van der Waals surface area (Å²) in [6.07, 6.45) is 3.54. The lowest BCUT2D eigenvalue weighted by atomic mass is 9.88. The van der Waals surface area contributed by atoms with Gasteiger partial charge in [-0.3, -0.25) is 9.69 Å². The zero-order valence-electron chi connectivity index (χ0n) is 11.7. The van der Waals surface area contributed by atoms with Crippen molar-refractivity contribution >= 4 is 11.9 Å². The molecule has 2 saturated heterocycles. The third-order valence-corrected chi connectivity index (χ3v) is 4.58. The van der Waals surface area contributed by atoms with Crippen molar-refractivity contribution < 1.29 is 14.1 Å². The first-order valence-corrected chi connectivity index (χ1v) is 7.48. The first-order valence-electron chi connectivity index (χ1n) is 7.48. The Hall–Kier alpha value is -1.89. The van der Waals surface area contributed by atoms with Crippen molar-refractivity contribution in [2.24, 2.45) is 0 Å². The molecule has 2 aliphatic heterocycles. The van der Waals surface area contributed by atoms with Gasteiger partial charge in [0, 0.05) is 12.0 Å². The summed E-state index contributed by atoms with van der Waals surface area (Å²) in [4.78, 5) is 26.0. The highest BCUT2D eigenvalue weighted by Gasteiger charge is 2.51. The normalized spacial score (nSPS) is 24.7. The number of urea groups is 1. The predicted molar refractivity (Wildman–Crippen MR) is 72.4 cm³/mol. The van der Waals surface area contributed by atoms with E-state index in [1.807, 2.05) is 6.07 Å². The molecule has 112 valence electrons. The highest BCUT2D eigenvalue weighted by molar-refractivity contribution is 6.07. The zero-order chi connectivity index (χ0) is 14.4. The van der Waals surface area contributed by atoms with E-state index in [1.54, 1.807) is 0 Å². The lowest BCUT2D eigenvalue weighted by Crippen LogP contribution is -2.53. The van der Waals surface area contributed by atoms with Gasteiger partial charge in [0.1, 0.15) is 17.0 Å². The first-order chi connectivity index (χ1) is 10.2. The minimum atomic E-state index is -0.717. The van der Waals surface area contributed by atoms with Crippen LogP contribution in [0.2, 0.25) is 0 Å². The van der Waals surface area contributed by atoms with Gasteiger partial charge < -0.3 is 15.2 Å². The maximum atomic E-state index is 12.6. The van der Waals surface area contributed by atoms with Crippen molar-refractivity contribution in [3.05, 3.63) is 17.5 Å². The Morgan fingerprint density at radius 1 is 1.33 bits per heavy atom. The van der Waals surface area contributed by atoms with Crippen molar-refractivity contribution in [2.45, 2.75) is 43.7 Å². The smallest absolute Gasteiger partial charge is 0.325 e. The molecule has 1 aromatic heterocycles. The van der Waals surface area contributed by atoms with Gasteiger partial charge in [-0.25, -0.2) is 4.79 Å². The minimum Gasteiger partial charge on any atom is -0.361 e. The zero-order valence-corrected chi connectivity index (χ0v) is 11.7. The monoisotopic (exact) mass is 290 g/mol. The largest absolute Gasteiger partial charge is 0.361 e. The van der Waals surface area contributed by atoms with Crippen LogP contribution in [0.5, 0.6) is 0 Å². The molecule has 0 radical (unpaired) electrons. The molecule has 3 heterocycles. The molecule has 3 aliphatic rings. The summed E-state index contributed by atoms with van der Waals surface area (Å²) in [5.74, 6) is 1.21. The van der Waals surface area contributed by atoms with Crippen molar-refractivity contribution in [3.8, 4) is 0 Å². The number of piperidine rings is 1. The Morgan fingerprint density at radius 3 is 2.81 bits per heavy atom. The average molecular weight is 290 g/mol. The molecule has 7 nitrogen and oxygen atoms in total. The Balaban J connectivity index is 1.51. The average Bonchev–Trinajstić information content (AvgIpc) is 3.19. The number of rotatable bonds is 3. The number of amides is 3. The number of carbonyl (C=O) groups is 2. The molecule has 1 spiro atoms. The maximum absolute atomic E-state index is 12.6. The molecule has 3 fully saturated rings. The Labute approximate surface area is 122 Å². The van der Waals surface area contributed by atoms with E-state index in [4.69, 9.17) is 4.52 Å².